The van der Waals surface area contributed by atoms with E-state index < -0.39 is 0 Å². The van der Waals surface area contributed by atoms with Gasteiger partial charge in [0.1, 0.15) is 12.4 Å². The van der Waals surface area contributed by atoms with Gasteiger partial charge in [0.25, 0.3) is 0 Å². The molecule has 28 heavy (non-hydrogen) atoms. The number of likely N-dealkylation sites (N-methyl/N-ethyl adjacent to an activating group) is 1. The van der Waals surface area contributed by atoms with E-state index >= 15 is 0 Å². The van der Waals surface area contributed by atoms with Crippen LogP contribution in [-0.4, -0.2) is 44.7 Å². The van der Waals surface area contributed by atoms with Crippen molar-refractivity contribution in [1.82, 2.24) is 19.2 Å². The Kier molecular flexibility index (Phi) is 5.96. The Morgan fingerprint density at radius 1 is 1.21 bits per heavy atom. The number of benzene rings is 1. The van der Waals surface area contributed by atoms with E-state index in [-0.39, 0.29) is 30.6 Å². The summed E-state index contributed by atoms with van der Waals surface area (Å²) in [5.74, 6) is 0.134. The van der Waals surface area contributed by atoms with Gasteiger partial charge < -0.3 is 10.2 Å². The molecule has 150 valence electrons. The molecule has 0 atom stereocenters. The van der Waals surface area contributed by atoms with Crippen LogP contribution in [0.15, 0.2) is 23.0 Å². The first kappa shape index (κ1) is 19.9. The summed E-state index contributed by atoms with van der Waals surface area (Å²) in [5.41, 5.74) is 2.57. The third-order valence-corrected chi connectivity index (χ3v) is 5.25. The molecule has 1 aromatic carbocycles. The first-order chi connectivity index (χ1) is 13.4. The number of hydrogen-bond acceptors (Lipinski definition) is 4. The van der Waals surface area contributed by atoms with Crippen LogP contribution in [0.4, 0.5) is 5.69 Å². The summed E-state index contributed by atoms with van der Waals surface area (Å²) in [6, 6.07) is 5.69. The van der Waals surface area contributed by atoms with Crippen LogP contribution in [0, 0.1) is 13.8 Å². The molecule has 0 bridgehead atoms. The Balaban J connectivity index is 1.61. The van der Waals surface area contributed by atoms with Crippen LogP contribution >= 0.6 is 0 Å². The van der Waals surface area contributed by atoms with Crippen molar-refractivity contribution in [3.63, 3.8) is 0 Å². The van der Waals surface area contributed by atoms with Crippen molar-refractivity contribution in [2.45, 2.75) is 52.6 Å². The molecule has 8 nitrogen and oxygen atoms in total. The predicted octanol–water partition coefficient (Wildman–Crippen LogP) is 1.49. The smallest absolute Gasteiger partial charge is 0.335 e. The van der Waals surface area contributed by atoms with Crippen LogP contribution in [0.3, 0.4) is 0 Å². The number of anilines is 1. The largest absolute Gasteiger partial charge is 0.346 e. The summed E-state index contributed by atoms with van der Waals surface area (Å²) in [4.78, 5) is 38.6. The molecule has 0 fully saturated rings. The molecule has 2 aromatic rings. The molecular formula is C20H27N5O3. The van der Waals surface area contributed by atoms with Crippen molar-refractivity contribution in [2.24, 2.45) is 0 Å². The lowest BCUT2D eigenvalue weighted by atomic mass is 10.1. The molecule has 3 rings (SSSR count). The molecule has 0 saturated heterocycles. The number of fused-ring (bicyclic) bond motifs is 1. The number of carbonyl (C=O) groups is 2. The Bertz CT molecular complexity index is 944. The van der Waals surface area contributed by atoms with E-state index in [1.807, 2.05) is 32.0 Å². The molecule has 8 heteroatoms. The molecule has 1 aliphatic rings. The van der Waals surface area contributed by atoms with Crippen LogP contribution in [0.2, 0.25) is 0 Å². The third-order valence-electron chi connectivity index (χ3n) is 5.25. The van der Waals surface area contributed by atoms with Crippen molar-refractivity contribution in [3.05, 3.63) is 45.6 Å². The fourth-order valence-electron chi connectivity index (χ4n) is 3.36. The number of hydrogen-bond donors (Lipinski definition) is 1. The van der Waals surface area contributed by atoms with Crippen molar-refractivity contribution < 1.29 is 9.59 Å². The Labute approximate surface area is 164 Å². The van der Waals surface area contributed by atoms with Crippen molar-refractivity contribution in [3.8, 4) is 0 Å². The normalized spacial score (nSPS) is 13.5. The summed E-state index contributed by atoms with van der Waals surface area (Å²) in [7, 11) is 1.55. The standard InChI is InChI=1S/C20H27N5O3/c1-14-8-7-9-16(15(14)2)21-18(26)12-23(3)19(27)13-25-20(28)24-11-6-4-5-10-17(24)22-25/h7-9H,4-6,10-13H2,1-3H3,(H,21,26). The summed E-state index contributed by atoms with van der Waals surface area (Å²) < 4.78 is 2.87. The SMILES string of the molecule is Cc1cccc(NC(=O)CN(C)C(=O)Cn2nc3n(c2=O)CCCCC3)c1C. The maximum absolute atomic E-state index is 12.5. The summed E-state index contributed by atoms with van der Waals surface area (Å²) in [5, 5.41) is 7.16. The molecule has 2 heterocycles. The van der Waals surface area contributed by atoms with Crippen LogP contribution in [0.5, 0.6) is 0 Å². The number of rotatable bonds is 5. The van der Waals surface area contributed by atoms with Crippen LogP contribution in [0.1, 0.15) is 36.2 Å². The quantitative estimate of drug-likeness (QED) is 0.844. The van der Waals surface area contributed by atoms with Gasteiger partial charge in [0.15, 0.2) is 0 Å². The predicted molar refractivity (Wildman–Crippen MR) is 106 cm³/mol. The van der Waals surface area contributed by atoms with E-state index in [9.17, 15) is 14.4 Å². The first-order valence-corrected chi connectivity index (χ1v) is 9.63. The Hall–Kier alpha value is -2.90. The van der Waals surface area contributed by atoms with Gasteiger partial charge in [0.2, 0.25) is 11.8 Å². The van der Waals surface area contributed by atoms with Crippen LogP contribution in [-0.2, 0) is 29.1 Å². The fraction of sp³-hybridized carbons (Fsp3) is 0.500. The molecule has 1 aliphatic heterocycles. The van der Waals surface area contributed by atoms with Gasteiger partial charge in [-0.3, -0.25) is 14.2 Å². The van der Waals surface area contributed by atoms with E-state index in [1.165, 1.54) is 9.58 Å². The number of amides is 2. The molecule has 1 aromatic heterocycles. The van der Waals surface area contributed by atoms with E-state index in [0.717, 1.165) is 48.3 Å². The number of nitrogens with zero attached hydrogens (tertiary/aromatic N) is 4. The highest BCUT2D eigenvalue weighted by Crippen LogP contribution is 2.17. The lowest BCUT2D eigenvalue weighted by Crippen LogP contribution is -2.39. The topological polar surface area (TPSA) is 89.2 Å². The number of carbonyl (C=O) groups excluding carboxylic acids is 2. The summed E-state index contributed by atoms with van der Waals surface area (Å²) in [6.07, 6.45) is 3.79. The summed E-state index contributed by atoms with van der Waals surface area (Å²) in [6.45, 7) is 4.32. The highest BCUT2D eigenvalue weighted by atomic mass is 16.2. The van der Waals surface area contributed by atoms with Gasteiger partial charge >= 0.3 is 5.69 Å². The number of aromatic nitrogens is 3. The van der Waals surface area contributed by atoms with Gasteiger partial charge in [-0.2, -0.15) is 5.10 Å². The maximum Gasteiger partial charge on any atom is 0.346 e. The van der Waals surface area contributed by atoms with Gasteiger partial charge in [0.05, 0.1) is 6.54 Å². The fourth-order valence-corrected chi connectivity index (χ4v) is 3.36. The minimum atomic E-state index is -0.327. The zero-order valence-corrected chi connectivity index (χ0v) is 16.7. The minimum absolute atomic E-state index is 0.0888. The second-order valence-corrected chi connectivity index (χ2v) is 7.36. The zero-order valence-electron chi connectivity index (χ0n) is 16.7. The van der Waals surface area contributed by atoms with Gasteiger partial charge in [-0.1, -0.05) is 18.6 Å². The van der Waals surface area contributed by atoms with E-state index in [4.69, 9.17) is 0 Å². The Morgan fingerprint density at radius 2 is 2.00 bits per heavy atom. The molecule has 0 radical (unpaired) electrons. The highest BCUT2D eigenvalue weighted by molar-refractivity contribution is 5.95. The highest BCUT2D eigenvalue weighted by Gasteiger charge is 2.20. The maximum atomic E-state index is 12.5. The monoisotopic (exact) mass is 385 g/mol. The lowest BCUT2D eigenvalue weighted by molar-refractivity contribution is -0.134. The zero-order chi connectivity index (χ0) is 20.3. The molecular weight excluding hydrogens is 358 g/mol. The van der Waals surface area contributed by atoms with Crippen molar-refractivity contribution in [1.29, 1.82) is 0 Å². The summed E-state index contributed by atoms with van der Waals surface area (Å²) >= 11 is 0. The molecule has 2 amide bonds. The van der Waals surface area contributed by atoms with Gasteiger partial charge in [0, 0.05) is 25.7 Å². The first-order valence-electron chi connectivity index (χ1n) is 9.63. The average molecular weight is 385 g/mol. The molecule has 0 unspecified atom stereocenters. The second kappa shape index (κ2) is 8.41. The minimum Gasteiger partial charge on any atom is -0.335 e. The van der Waals surface area contributed by atoms with Crippen molar-refractivity contribution >= 4 is 17.5 Å². The van der Waals surface area contributed by atoms with Crippen molar-refractivity contribution in [2.75, 3.05) is 18.9 Å². The number of aryl methyl sites for hydroxylation is 2. The van der Waals surface area contributed by atoms with Gasteiger partial charge in [-0.25, -0.2) is 9.48 Å². The lowest BCUT2D eigenvalue weighted by Gasteiger charge is -2.17. The number of nitrogens with one attached hydrogen (secondary N) is 1. The van der Waals surface area contributed by atoms with Crippen LogP contribution in [0.25, 0.3) is 0 Å². The molecule has 0 spiro atoms. The van der Waals surface area contributed by atoms with E-state index in [0.29, 0.717) is 6.54 Å². The third kappa shape index (κ3) is 4.32. The second-order valence-electron chi connectivity index (χ2n) is 7.36. The molecule has 0 aliphatic carbocycles. The van der Waals surface area contributed by atoms with E-state index in [1.54, 1.807) is 11.6 Å². The Morgan fingerprint density at radius 3 is 2.79 bits per heavy atom. The van der Waals surface area contributed by atoms with Gasteiger partial charge in [-0.15, -0.1) is 0 Å². The van der Waals surface area contributed by atoms with Crippen LogP contribution < -0.4 is 11.0 Å². The molecule has 0 saturated carbocycles. The molecule has 1 N–H and O–H groups in total. The average Bonchev–Trinajstić information content (AvgIpc) is 2.82. The van der Waals surface area contributed by atoms with E-state index in [2.05, 4.69) is 10.4 Å². The van der Waals surface area contributed by atoms with Gasteiger partial charge in [-0.05, 0) is 43.9 Å².